The number of pyridine rings is 1. The van der Waals surface area contributed by atoms with Gasteiger partial charge in [0.15, 0.2) is 17.7 Å². The van der Waals surface area contributed by atoms with Crippen molar-refractivity contribution < 1.29 is 19.7 Å². The van der Waals surface area contributed by atoms with Crippen molar-refractivity contribution in [1.29, 1.82) is 0 Å². The van der Waals surface area contributed by atoms with E-state index < -0.39 is 24.0 Å². The number of rotatable bonds is 3. The van der Waals surface area contributed by atoms with Crippen molar-refractivity contribution >= 4 is 39.5 Å². The normalized spacial score (nSPS) is 29.6. The van der Waals surface area contributed by atoms with Gasteiger partial charge in [-0.1, -0.05) is 11.6 Å². The molecule has 3 atom stereocenters. The number of benzene rings is 1. The number of hydrogen-bond donors (Lipinski definition) is 3. The summed E-state index contributed by atoms with van der Waals surface area (Å²) in [5.41, 5.74) is 6.56. The first-order valence-corrected chi connectivity index (χ1v) is 10.5. The minimum Gasteiger partial charge on any atom is -0.490 e. The summed E-state index contributed by atoms with van der Waals surface area (Å²) in [4.78, 5) is 16.7. The number of anilines is 1. The minimum absolute atomic E-state index is 0.169. The van der Waals surface area contributed by atoms with Crippen molar-refractivity contribution in [3.05, 3.63) is 48.1 Å². The SMILES string of the molecule is Nc1ncnc2c1ncn2[C@@H]1OC2(CC(Oc3ccc4cc(Cl)cnc4c3)C2)[C@@H](O)[C@H]1O. The first kappa shape index (κ1) is 19.6. The molecule has 1 aliphatic carbocycles. The van der Waals surface area contributed by atoms with Gasteiger partial charge in [-0.3, -0.25) is 9.55 Å². The fourth-order valence-corrected chi connectivity index (χ4v) is 4.76. The number of ether oxygens (including phenoxy) is 2. The summed E-state index contributed by atoms with van der Waals surface area (Å²) >= 11 is 5.99. The third-order valence-corrected chi connectivity index (χ3v) is 6.45. The number of halogens is 1. The Labute approximate surface area is 186 Å². The van der Waals surface area contributed by atoms with Crippen LogP contribution in [0.2, 0.25) is 5.02 Å². The molecule has 1 aromatic carbocycles. The molecule has 4 N–H and O–H groups in total. The molecule has 1 saturated heterocycles. The maximum absolute atomic E-state index is 10.8. The summed E-state index contributed by atoms with van der Waals surface area (Å²) in [6.45, 7) is 0. The van der Waals surface area contributed by atoms with Crippen LogP contribution < -0.4 is 10.5 Å². The fraction of sp³-hybridized carbons (Fsp3) is 0.333. The van der Waals surface area contributed by atoms with Crippen LogP contribution in [0.3, 0.4) is 0 Å². The molecular formula is C21H19ClN6O4. The number of fused-ring (bicyclic) bond motifs is 2. The van der Waals surface area contributed by atoms with E-state index in [1.807, 2.05) is 24.3 Å². The van der Waals surface area contributed by atoms with Crippen LogP contribution >= 0.6 is 11.6 Å². The molecule has 4 heterocycles. The van der Waals surface area contributed by atoms with Crippen LogP contribution in [0.1, 0.15) is 19.1 Å². The van der Waals surface area contributed by atoms with Gasteiger partial charge in [-0.05, 0) is 18.2 Å². The number of hydrogen-bond acceptors (Lipinski definition) is 9. The maximum Gasteiger partial charge on any atom is 0.167 e. The van der Waals surface area contributed by atoms with E-state index in [2.05, 4.69) is 19.9 Å². The lowest BCUT2D eigenvalue weighted by molar-refractivity contribution is -0.182. The average molecular weight is 455 g/mol. The van der Waals surface area contributed by atoms with E-state index in [1.54, 1.807) is 10.8 Å². The number of aliphatic hydroxyl groups excluding tert-OH is 2. The number of nitrogen functional groups attached to an aromatic ring is 1. The Morgan fingerprint density at radius 2 is 2.00 bits per heavy atom. The molecule has 11 heteroatoms. The Bertz CT molecular complexity index is 1340. The van der Waals surface area contributed by atoms with E-state index in [0.29, 0.717) is 34.8 Å². The molecule has 32 heavy (non-hydrogen) atoms. The van der Waals surface area contributed by atoms with Gasteiger partial charge in [0.25, 0.3) is 0 Å². The number of nitrogens with zero attached hydrogens (tertiary/aromatic N) is 5. The second-order valence-corrected chi connectivity index (χ2v) is 8.68. The predicted octanol–water partition coefficient (Wildman–Crippen LogP) is 1.84. The average Bonchev–Trinajstić information content (AvgIpc) is 3.29. The zero-order valence-electron chi connectivity index (χ0n) is 16.7. The topological polar surface area (TPSA) is 141 Å². The molecule has 3 aromatic heterocycles. The summed E-state index contributed by atoms with van der Waals surface area (Å²) < 4.78 is 13.8. The third-order valence-electron chi connectivity index (χ3n) is 6.24. The monoisotopic (exact) mass is 454 g/mol. The zero-order valence-corrected chi connectivity index (χ0v) is 17.4. The highest BCUT2D eigenvalue weighted by atomic mass is 35.5. The highest BCUT2D eigenvalue weighted by Gasteiger charge is 2.62. The fourth-order valence-electron chi connectivity index (χ4n) is 4.60. The summed E-state index contributed by atoms with van der Waals surface area (Å²) in [7, 11) is 0. The van der Waals surface area contributed by atoms with Crippen LogP contribution in [0.5, 0.6) is 5.75 Å². The van der Waals surface area contributed by atoms with Gasteiger partial charge in [-0.2, -0.15) is 0 Å². The van der Waals surface area contributed by atoms with Gasteiger partial charge in [-0.25, -0.2) is 15.0 Å². The summed E-state index contributed by atoms with van der Waals surface area (Å²) in [6.07, 6.45) is 2.00. The van der Waals surface area contributed by atoms with Crippen molar-refractivity contribution in [1.82, 2.24) is 24.5 Å². The Morgan fingerprint density at radius 3 is 2.84 bits per heavy atom. The van der Waals surface area contributed by atoms with Crippen molar-refractivity contribution in [2.75, 3.05) is 5.73 Å². The van der Waals surface area contributed by atoms with Crippen LogP contribution in [-0.4, -0.2) is 58.6 Å². The van der Waals surface area contributed by atoms with E-state index in [1.165, 1.54) is 12.7 Å². The number of aliphatic hydroxyl groups is 2. The molecule has 1 saturated carbocycles. The molecule has 0 unspecified atom stereocenters. The highest BCUT2D eigenvalue weighted by Crippen LogP contribution is 2.50. The smallest absolute Gasteiger partial charge is 0.167 e. The number of imidazole rings is 1. The maximum atomic E-state index is 10.8. The quantitative estimate of drug-likeness (QED) is 0.422. The lowest BCUT2D eigenvalue weighted by Crippen LogP contribution is -2.57. The molecule has 10 nitrogen and oxygen atoms in total. The van der Waals surface area contributed by atoms with Crippen LogP contribution in [-0.2, 0) is 4.74 Å². The number of nitrogens with two attached hydrogens (primary N) is 1. The van der Waals surface area contributed by atoms with Crippen molar-refractivity contribution in [3.63, 3.8) is 0 Å². The van der Waals surface area contributed by atoms with Gasteiger partial charge in [0.05, 0.1) is 16.9 Å². The second-order valence-electron chi connectivity index (χ2n) is 8.25. The Morgan fingerprint density at radius 1 is 1.16 bits per heavy atom. The Balaban J connectivity index is 1.20. The third kappa shape index (κ3) is 2.91. The molecule has 0 radical (unpaired) electrons. The van der Waals surface area contributed by atoms with E-state index >= 15 is 0 Å². The van der Waals surface area contributed by atoms with Crippen LogP contribution in [0.25, 0.3) is 22.1 Å². The molecule has 0 amide bonds. The zero-order chi connectivity index (χ0) is 22.0. The molecule has 1 spiro atoms. The lowest BCUT2D eigenvalue weighted by atomic mass is 9.73. The summed E-state index contributed by atoms with van der Waals surface area (Å²) in [5.74, 6) is 0.908. The largest absolute Gasteiger partial charge is 0.490 e. The van der Waals surface area contributed by atoms with Gasteiger partial charge in [-0.15, -0.1) is 0 Å². The van der Waals surface area contributed by atoms with Gasteiger partial charge in [0.1, 0.15) is 41.5 Å². The molecule has 0 bridgehead atoms. The van der Waals surface area contributed by atoms with E-state index in [4.69, 9.17) is 26.8 Å². The predicted molar refractivity (Wildman–Crippen MR) is 115 cm³/mol. The van der Waals surface area contributed by atoms with E-state index in [9.17, 15) is 10.2 Å². The standard InChI is InChI=1S/C21H19ClN6O4/c22-11-3-10-1-2-12(4-14(10)24-7-11)31-13-5-21(6-13)17(30)16(29)20(32-21)28-9-27-15-18(23)25-8-26-19(15)28/h1-4,7-9,13,16-17,20,29-30H,5-6H2,(H2,23,25,26)/t13?,16-,17+,20-,21?/m1/s1. The second kappa shape index (κ2) is 6.97. The van der Waals surface area contributed by atoms with Crippen molar-refractivity contribution in [3.8, 4) is 5.75 Å². The van der Waals surface area contributed by atoms with Crippen molar-refractivity contribution in [2.24, 2.45) is 0 Å². The minimum atomic E-state index is -1.15. The molecule has 2 aliphatic rings. The highest BCUT2D eigenvalue weighted by molar-refractivity contribution is 6.31. The molecule has 2 fully saturated rings. The van der Waals surface area contributed by atoms with Crippen LogP contribution in [0.4, 0.5) is 5.82 Å². The van der Waals surface area contributed by atoms with Gasteiger partial charge in [0.2, 0.25) is 0 Å². The van der Waals surface area contributed by atoms with E-state index in [0.717, 1.165) is 10.9 Å². The molecule has 6 rings (SSSR count). The lowest BCUT2D eigenvalue weighted by Gasteiger charge is -2.45. The summed E-state index contributed by atoms with van der Waals surface area (Å²) in [6, 6.07) is 7.45. The van der Waals surface area contributed by atoms with Gasteiger partial charge < -0.3 is 25.4 Å². The van der Waals surface area contributed by atoms with Gasteiger partial charge in [0, 0.05) is 30.5 Å². The Hall–Kier alpha value is -3.05. The van der Waals surface area contributed by atoms with E-state index in [-0.39, 0.29) is 11.9 Å². The van der Waals surface area contributed by atoms with Crippen LogP contribution in [0, 0.1) is 0 Å². The van der Waals surface area contributed by atoms with Gasteiger partial charge >= 0.3 is 0 Å². The molecule has 4 aromatic rings. The molecular weight excluding hydrogens is 436 g/mol. The number of aromatic nitrogens is 5. The van der Waals surface area contributed by atoms with Crippen molar-refractivity contribution in [2.45, 2.75) is 43.0 Å². The Kier molecular flexibility index (Phi) is 4.28. The molecule has 1 aliphatic heterocycles. The van der Waals surface area contributed by atoms with Crippen LogP contribution in [0.15, 0.2) is 43.1 Å². The first-order valence-electron chi connectivity index (χ1n) is 10.1. The summed E-state index contributed by atoms with van der Waals surface area (Å²) in [5, 5.41) is 23.0. The first-order chi connectivity index (χ1) is 15.4. The molecule has 164 valence electrons.